The Hall–Kier alpha value is -1.13. The standard InChI is InChI=1S/C16H24FN3/c1-12(18)15-10-13(17)4-5-16(15)20-9-6-14(11-20)19-7-2-3-8-19/h4-5,10,12,14H,2-3,6-9,11,18H2,1H3/t12-,14?/m0/s1. The summed E-state index contributed by atoms with van der Waals surface area (Å²) in [7, 11) is 0. The number of hydrogen-bond donors (Lipinski definition) is 1. The van der Waals surface area contributed by atoms with Crippen LogP contribution in [0.25, 0.3) is 0 Å². The molecule has 0 saturated carbocycles. The lowest BCUT2D eigenvalue weighted by molar-refractivity contribution is 0.260. The van der Waals surface area contributed by atoms with Crippen LogP contribution in [0.15, 0.2) is 18.2 Å². The number of likely N-dealkylation sites (tertiary alicyclic amines) is 1. The molecule has 1 aromatic rings. The molecule has 0 bridgehead atoms. The molecule has 0 spiro atoms. The smallest absolute Gasteiger partial charge is 0.123 e. The molecule has 0 amide bonds. The zero-order valence-electron chi connectivity index (χ0n) is 12.2. The average Bonchev–Trinajstić information content (AvgIpc) is 3.09. The second-order valence-corrected chi connectivity index (χ2v) is 6.12. The summed E-state index contributed by atoms with van der Waals surface area (Å²) in [5.74, 6) is -0.198. The Morgan fingerprint density at radius 2 is 2.00 bits per heavy atom. The lowest BCUT2D eigenvalue weighted by atomic mass is 10.1. The Morgan fingerprint density at radius 3 is 2.70 bits per heavy atom. The second-order valence-electron chi connectivity index (χ2n) is 6.12. The summed E-state index contributed by atoms with van der Waals surface area (Å²) < 4.78 is 13.4. The SMILES string of the molecule is C[C@H](N)c1cc(F)ccc1N1CCC(N2CCCC2)C1. The van der Waals surface area contributed by atoms with Crippen molar-refractivity contribution in [3.05, 3.63) is 29.6 Å². The first-order chi connectivity index (χ1) is 9.65. The van der Waals surface area contributed by atoms with Gasteiger partial charge in [-0.15, -0.1) is 0 Å². The molecule has 1 aromatic carbocycles. The summed E-state index contributed by atoms with van der Waals surface area (Å²) in [6.07, 6.45) is 3.87. The van der Waals surface area contributed by atoms with Gasteiger partial charge in [-0.05, 0) is 63.0 Å². The monoisotopic (exact) mass is 277 g/mol. The van der Waals surface area contributed by atoms with E-state index in [9.17, 15) is 4.39 Å². The maximum absolute atomic E-state index is 13.4. The predicted octanol–water partition coefficient (Wildman–Crippen LogP) is 2.52. The van der Waals surface area contributed by atoms with E-state index in [0.29, 0.717) is 6.04 Å². The second kappa shape index (κ2) is 5.70. The highest BCUT2D eigenvalue weighted by molar-refractivity contribution is 5.56. The predicted molar refractivity (Wildman–Crippen MR) is 80.4 cm³/mol. The molecule has 2 heterocycles. The van der Waals surface area contributed by atoms with Gasteiger partial charge in [-0.3, -0.25) is 4.90 Å². The fourth-order valence-corrected chi connectivity index (χ4v) is 3.54. The van der Waals surface area contributed by atoms with Gasteiger partial charge in [0, 0.05) is 30.9 Å². The molecule has 4 heteroatoms. The van der Waals surface area contributed by atoms with E-state index >= 15 is 0 Å². The molecule has 0 radical (unpaired) electrons. The van der Waals surface area contributed by atoms with Crippen molar-refractivity contribution >= 4 is 5.69 Å². The molecule has 0 aliphatic carbocycles. The van der Waals surface area contributed by atoms with Gasteiger partial charge in [0.15, 0.2) is 0 Å². The van der Waals surface area contributed by atoms with Crippen LogP contribution in [0, 0.1) is 5.82 Å². The normalized spacial score (nSPS) is 25.4. The van der Waals surface area contributed by atoms with Crippen LogP contribution < -0.4 is 10.6 Å². The first-order valence-corrected chi connectivity index (χ1v) is 7.69. The van der Waals surface area contributed by atoms with E-state index in [-0.39, 0.29) is 11.9 Å². The molecule has 2 aliphatic rings. The zero-order chi connectivity index (χ0) is 14.1. The van der Waals surface area contributed by atoms with Crippen molar-refractivity contribution in [1.82, 2.24) is 4.90 Å². The van der Waals surface area contributed by atoms with E-state index < -0.39 is 0 Å². The van der Waals surface area contributed by atoms with Gasteiger partial charge in [0.25, 0.3) is 0 Å². The van der Waals surface area contributed by atoms with Crippen molar-refractivity contribution in [2.45, 2.75) is 38.3 Å². The molecule has 2 fully saturated rings. The summed E-state index contributed by atoms with van der Waals surface area (Å²) in [5, 5.41) is 0. The fraction of sp³-hybridized carbons (Fsp3) is 0.625. The van der Waals surface area contributed by atoms with E-state index in [0.717, 1.165) is 24.3 Å². The van der Waals surface area contributed by atoms with Gasteiger partial charge in [-0.1, -0.05) is 0 Å². The highest BCUT2D eigenvalue weighted by atomic mass is 19.1. The zero-order valence-corrected chi connectivity index (χ0v) is 12.2. The van der Waals surface area contributed by atoms with Crippen LogP contribution in [0.3, 0.4) is 0 Å². The number of nitrogens with two attached hydrogens (primary N) is 1. The van der Waals surface area contributed by atoms with Gasteiger partial charge < -0.3 is 10.6 Å². The molecule has 2 N–H and O–H groups in total. The van der Waals surface area contributed by atoms with Crippen LogP contribution in [-0.2, 0) is 0 Å². The van der Waals surface area contributed by atoms with E-state index in [2.05, 4.69) is 9.80 Å². The van der Waals surface area contributed by atoms with Gasteiger partial charge in [-0.2, -0.15) is 0 Å². The molecule has 110 valence electrons. The molecule has 20 heavy (non-hydrogen) atoms. The van der Waals surface area contributed by atoms with Gasteiger partial charge in [-0.25, -0.2) is 4.39 Å². The van der Waals surface area contributed by atoms with Crippen LogP contribution in [0.5, 0.6) is 0 Å². The van der Waals surface area contributed by atoms with Crippen molar-refractivity contribution in [2.24, 2.45) is 5.73 Å². The molecule has 3 nitrogen and oxygen atoms in total. The lowest BCUT2D eigenvalue weighted by Gasteiger charge is -2.26. The largest absolute Gasteiger partial charge is 0.370 e. The number of benzene rings is 1. The third-order valence-corrected chi connectivity index (χ3v) is 4.64. The number of hydrogen-bond acceptors (Lipinski definition) is 3. The first kappa shape index (κ1) is 13.8. The van der Waals surface area contributed by atoms with Crippen LogP contribution in [0.4, 0.5) is 10.1 Å². The Morgan fingerprint density at radius 1 is 1.25 bits per heavy atom. The minimum atomic E-state index is -0.198. The van der Waals surface area contributed by atoms with Crippen LogP contribution in [0.1, 0.15) is 37.8 Å². The Kier molecular flexibility index (Phi) is 3.94. The van der Waals surface area contributed by atoms with Crippen molar-refractivity contribution < 1.29 is 4.39 Å². The number of rotatable bonds is 3. The van der Waals surface area contributed by atoms with Crippen molar-refractivity contribution in [2.75, 3.05) is 31.1 Å². The maximum Gasteiger partial charge on any atom is 0.123 e. The average molecular weight is 277 g/mol. The topological polar surface area (TPSA) is 32.5 Å². The Bertz CT molecular complexity index is 469. The molecule has 2 saturated heterocycles. The molecular formula is C16H24FN3. The number of anilines is 1. The van der Waals surface area contributed by atoms with E-state index in [1.54, 1.807) is 12.1 Å². The highest BCUT2D eigenvalue weighted by Gasteiger charge is 2.30. The third-order valence-electron chi connectivity index (χ3n) is 4.64. The first-order valence-electron chi connectivity index (χ1n) is 7.69. The van der Waals surface area contributed by atoms with Crippen LogP contribution in [0.2, 0.25) is 0 Å². The summed E-state index contributed by atoms with van der Waals surface area (Å²) in [6.45, 7) is 6.49. The summed E-state index contributed by atoms with van der Waals surface area (Å²) in [5.41, 5.74) is 8.04. The number of nitrogens with zero attached hydrogens (tertiary/aromatic N) is 2. The van der Waals surface area contributed by atoms with Gasteiger partial charge in [0.05, 0.1) is 0 Å². The van der Waals surface area contributed by atoms with Gasteiger partial charge >= 0.3 is 0 Å². The summed E-state index contributed by atoms with van der Waals surface area (Å²) in [4.78, 5) is 4.98. The number of halogens is 1. The fourth-order valence-electron chi connectivity index (χ4n) is 3.54. The van der Waals surface area contributed by atoms with Crippen molar-refractivity contribution in [1.29, 1.82) is 0 Å². The molecular weight excluding hydrogens is 253 g/mol. The Balaban J connectivity index is 1.77. The summed E-state index contributed by atoms with van der Waals surface area (Å²) >= 11 is 0. The molecule has 1 unspecified atom stereocenters. The van der Waals surface area contributed by atoms with Gasteiger partial charge in [0.1, 0.15) is 5.82 Å². The maximum atomic E-state index is 13.4. The molecule has 2 aliphatic heterocycles. The van der Waals surface area contributed by atoms with Crippen molar-refractivity contribution in [3.8, 4) is 0 Å². The van der Waals surface area contributed by atoms with E-state index in [1.807, 2.05) is 13.0 Å². The van der Waals surface area contributed by atoms with E-state index in [4.69, 9.17) is 5.73 Å². The molecule has 2 atom stereocenters. The van der Waals surface area contributed by atoms with Crippen LogP contribution in [-0.4, -0.2) is 37.1 Å². The Labute approximate surface area is 120 Å². The quantitative estimate of drug-likeness (QED) is 0.921. The van der Waals surface area contributed by atoms with Crippen LogP contribution >= 0.6 is 0 Å². The molecule has 0 aromatic heterocycles. The summed E-state index contributed by atoms with van der Waals surface area (Å²) in [6, 6.07) is 5.54. The molecule has 3 rings (SSSR count). The minimum absolute atomic E-state index is 0.133. The lowest BCUT2D eigenvalue weighted by Crippen LogP contribution is -2.35. The highest BCUT2D eigenvalue weighted by Crippen LogP contribution is 2.31. The minimum Gasteiger partial charge on any atom is -0.370 e. The third kappa shape index (κ3) is 2.67. The van der Waals surface area contributed by atoms with Crippen molar-refractivity contribution in [3.63, 3.8) is 0 Å². The van der Waals surface area contributed by atoms with Gasteiger partial charge in [0.2, 0.25) is 0 Å². The van der Waals surface area contributed by atoms with E-state index in [1.165, 1.54) is 32.4 Å².